The highest BCUT2D eigenvalue weighted by atomic mass is 19.4. The number of ether oxygens (including phenoxy) is 1. The molecule has 0 bridgehead atoms. The molecule has 4 nitrogen and oxygen atoms in total. The molecule has 0 spiro atoms. The second kappa shape index (κ2) is 7.43. The van der Waals surface area contributed by atoms with Gasteiger partial charge in [0.1, 0.15) is 12.4 Å². The minimum Gasteiger partial charge on any atom is -0.508 e. The van der Waals surface area contributed by atoms with Crippen molar-refractivity contribution in [2.45, 2.75) is 12.8 Å². The van der Waals surface area contributed by atoms with Gasteiger partial charge >= 0.3 is 6.18 Å². The summed E-state index contributed by atoms with van der Waals surface area (Å²) in [7, 11) is 0. The molecule has 146 valence electrons. The summed E-state index contributed by atoms with van der Waals surface area (Å²) in [6.45, 7) is 0.0889. The SMILES string of the molecule is Oc1ccc2cc(-c3nc(OCc4ccccc4)cc(C(F)(F)F)n3)ccc2c1. The summed E-state index contributed by atoms with van der Waals surface area (Å²) >= 11 is 0. The van der Waals surface area contributed by atoms with E-state index >= 15 is 0 Å². The third-order valence-corrected chi connectivity index (χ3v) is 4.30. The van der Waals surface area contributed by atoms with Crippen molar-refractivity contribution in [1.82, 2.24) is 9.97 Å². The number of fused-ring (bicyclic) bond motifs is 1. The number of hydrogen-bond acceptors (Lipinski definition) is 4. The van der Waals surface area contributed by atoms with E-state index in [4.69, 9.17) is 4.74 Å². The lowest BCUT2D eigenvalue weighted by molar-refractivity contribution is -0.141. The number of benzene rings is 3. The second-order valence-corrected chi connectivity index (χ2v) is 6.43. The molecule has 0 atom stereocenters. The van der Waals surface area contributed by atoms with Gasteiger partial charge in [-0.2, -0.15) is 18.2 Å². The monoisotopic (exact) mass is 396 g/mol. The summed E-state index contributed by atoms with van der Waals surface area (Å²) in [4.78, 5) is 7.86. The molecule has 0 aliphatic carbocycles. The Bertz CT molecular complexity index is 1160. The fourth-order valence-electron chi connectivity index (χ4n) is 2.88. The van der Waals surface area contributed by atoms with Crippen LogP contribution in [0.5, 0.6) is 11.6 Å². The molecule has 29 heavy (non-hydrogen) atoms. The lowest BCUT2D eigenvalue weighted by atomic mass is 10.1. The Morgan fingerprint density at radius 2 is 1.55 bits per heavy atom. The Kier molecular flexibility index (Phi) is 4.80. The topological polar surface area (TPSA) is 55.2 Å². The molecule has 0 saturated heterocycles. The molecule has 0 fully saturated rings. The predicted molar refractivity (Wildman–Crippen MR) is 102 cm³/mol. The van der Waals surface area contributed by atoms with Gasteiger partial charge in [0.05, 0.1) is 0 Å². The molecule has 1 aromatic heterocycles. The van der Waals surface area contributed by atoms with E-state index in [1.54, 1.807) is 30.3 Å². The minimum absolute atomic E-state index is 0.0853. The van der Waals surface area contributed by atoms with Crippen LogP contribution in [0, 0.1) is 0 Å². The van der Waals surface area contributed by atoms with Gasteiger partial charge in [-0.25, -0.2) is 4.98 Å². The van der Waals surface area contributed by atoms with E-state index in [1.807, 2.05) is 30.3 Å². The van der Waals surface area contributed by atoms with Crippen LogP contribution in [0.4, 0.5) is 13.2 Å². The van der Waals surface area contributed by atoms with Crippen LogP contribution in [0.25, 0.3) is 22.2 Å². The van der Waals surface area contributed by atoms with Crippen molar-refractivity contribution in [3.63, 3.8) is 0 Å². The second-order valence-electron chi connectivity index (χ2n) is 6.43. The number of phenols is 1. The van der Waals surface area contributed by atoms with Crippen LogP contribution in [0.1, 0.15) is 11.3 Å². The summed E-state index contributed by atoms with van der Waals surface area (Å²) in [6.07, 6.45) is -4.63. The maximum absolute atomic E-state index is 13.4. The van der Waals surface area contributed by atoms with Gasteiger partial charge in [-0.3, -0.25) is 0 Å². The van der Waals surface area contributed by atoms with Gasteiger partial charge in [-0.1, -0.05) is 48.5 Å². The molecule has 0 unspecified atom stereocenters. The minimum atomic E-state index is -4.63. The molecular formula is C22H15F3N2O2. The standard InChI is InChI=1S/C22H15F3N2O2/c23-22(24,25)19-12-20(29-13-14-4-2-1-3-5-14)27-21(26-19)17-7-6-16-11-18(28)9-8-15(16)10-17/h1-12,28H,13H2. The van der Waals surface area contributed by atoms with Crippen LogP contribution in [0.15, 0.2) is 72.8 Å². The average Bonchev–Trinajstić information content (AvgIpc) is 2.72. The Hall–Kier alpha value is -3.61. The highest BCUT2D eigenvalue weighted by molar-refractivity contribution is 5.87. The smallest absolute Gasteiger partial charge is 0.433 e. The maximum Gasteiger partial charge on any atom is 0.433 e. The average molecular weight is 396 g/mol. The van der Waals surface area contributed by atoms with Gasteiger partial charge in [-0.05, 0) is 34.5 Å². The molecule has 0 aliphatic heterocycles. The first-order valence-electron chi connectivity index (χ1n) is 8.75. The van der Waals surface area contributed by atoms with E-state index in [2.05, 4.69) is 9.97 Å². The van der Waals surface area contributed by atoms with Gasteiger partial charge in [-0.15, -0.1) is 0 Å². The first-order valence-corrected chi connectivity index (χ1v) is 8.75. The van der Waals surface area contributed by atoms with Gasteiger partial charge in [0.25, 0.3) is 0 Å². The molecule has 1 N–H and O–H groups in total. The Balaban J connectivity index is 1.73. The number of nitrogens with zero attached hydrogens (tertiary/aromatic N) is 2. The van der Waals surface area contributed by atoms with Crippen LogP contribution >= 0.6 is 0 Å². The number of aromatic hydroxyl groups is 1. The molecule has 4 aromatic rings. The zero-order valence-corrected chi connectivity index (χ0v) is 15.0. The molecule has 7 heteroatoms. The first-order chi connectivity index (χ1) is 13.9. The molecule has 0 saturated carbocycles. The summed E-state index contributed by atoms with van der Waals surface area (Å²) in [5.41, 5.74) is 0.155. The quantitative estimate of drug-likeness (QED) is 0.488. The lowest BCUT2D eigenvalue weighted by Gasteiger charge is -2.12. The van der Waals surface area contributed by atoms with Crippen molar-refractivity contribution >= 4 is 10.8 Å². The van der Waals surface area contributed by atoms with E-state index in [0.717, 1.165) is 22.4 Å². The normalized spacial score (nSPS) is 11.6. The molecule has 0 aliphatic rings. The van der Waals surface area contributed by atoms with Crippen LogP contribution < -0.4 is 4.74 Å². The van der Waals surface area contributed by atoms with Crippen molar-refractivity contribution in [1.29, 1.82) is 0 Å². The Labute approximate surface area is 164 Å². The molecule has 4 rings (SSSR count). The van der Waals surface area contributed by atoms with Gasteiger partial charge < -0.3 is 9.84 Å². The number of rotatable bonds is 4. The van der Waals surface area contributed by atoms with E-state index in [1.165, 1.54) is 6.07 Å². The van der Waals surface area contributed by atoms with Gasteiger partial charge in [0, 0.05) is 11.6 Å². The number of halogens is 3. The Morgan fingerprint density at radius 3 is 2.31 bits per heavy atom. The van der Waals surface area contributed by atoms with Crippen LogP contribution in [-0.4, -0.2) is 15.1 Å². The molecule has 1 heterocycles. The van der Waals surface area contributed by atoms with Crippen molar-refractivity contribution in [2.75, 3.05) is 0 Å². The van der Waals surface area contributed by atoms with Gasteiger partial charge in [0.15, 0.2) is 11.5 Å². The summed E-state index contributed by atoms with van der Waals surface area (Å²) in [5, 5.41) is 11.1. The van der Waals surface area contributed by atoms with Crippen molar-refractivity contribution in [3.8, 4) is 23.0 Å². The molecule has 3 aromatic carbocycles. The summed E-state index contributed by atoms with van der Waals surface area (Å²) in [6, 6.07) is 19.6. The third-order valence-electron chi connectivity index (χ3n) is 4.30. The largest absolute Gasteiger partial charge is 0.508 e. The zero-order valence-electron chi connectivity index (χ0n) is 15.0. The van der Waals surface area contributed by atoms with E-state index in [-0.39, 0.29) is 24.1 Å². The molecular weight excluding hydrogens is 381 g/mol. The number of phenolic OH excluding ortho intramolecular Hbond substituents is 1. The maximum atomic E-state index is 13.4. The third kappa shape index (κ3) is 4.29. The fraction of sp³-hybridized carbons (Fsp3) is 0.0909. The molecule has 0 radical (unpaired) electrons. The molecule has 0 amide bonds. The Morgan fingerprint density at radius 1 is 0.828 bits per heavy atom. The van der Waals surface area contributed by atoms with E-state index in [0.29, 0.717) is 5.56 Å². The predicted octanol–water partition coefficient (Wildman–Crippen LogP) is 5.60. The zero-order chi connectivity index (χ0) is 20.4. The number of alkyl halides is 3. The van der Waals surface area contributed by atoms with Crippen LogP contribution in [-0.2, 0) is 12.8 Å². The summed E-state index contributed by atoms with van der Waals surface area (Å²) < 4.78 is 45.6. The number of hydrogen-bond donors (Lipinski definition) is 1. The first kappa shape index (κ1) is 18.7. The van der Waals surface area contributed by atoms with E-state index < -0.39 is 11.9 Å². The fourth-order valence-corrected chi connectivity index (χ4v) is 2.88. The highest BCUT2D eigenvalue weighted by Gasteiger charge is 2.34. The lowest BCUT2D eigenvalue weighted by Crippen LogP contribution is -2.11. The summed E-state index contributed by atoms with van der Waals surface area (Å²) in [5.74, 6) is -0.132. The van der Waals surface area contributed by atoms with E-state index in [9.17, 15) is 18.3 Å². The highest BCUT2D eigenvalue weighted by Crippen LogP contribution is 2.32. The van der Waals surface area contributed by atoms with Crippen molar-refractivity contribution in [2.24, 2.45) is 0 Å². The number of aromatic nitrogens is 2. The van der Waals surface area contributed by atoms with Crippen molar-refractivity contribution in [3.05, 3.63) is 84.1 Å². The van der Waals surface area contributed by atoms with Crippen LogP contribution in [0.3, 0.4) is 0 Å². The van der Waals surface area contributed by atoms with Crippen LogP contribution in [0.2, 0.25) is 0 Å². The van der Waals surface area contributed by atoms with Gasteiger partial charge in [0.2, 0.25) is 5.88 Å². The van der Waals surface area contributed by atoms with Crippen molar-refractivity contribution < 1.29 is 23.0 Å².